The van der Waals surface area contributed by atoms with Gasteiger partial charge < -0.3 is 9.47 Å². The fraction of sp³-hybridized carbons (Fsp3) is 0.211. The zero-order valence-electron chi connectivity index (χ0n) is 14.7. The number of nitrogens with zero attached hydrogens (tertiary/aromatic N) is 1. The van der Waals surface area contributed by atoms with Crippen molar-refractivity contribution < 1.29 is 19.1 Å². The molecule has 0 fully saturated rings. The quantitative estimate of drug-likeness (QED) is 0.478. The van der Waals surface area contributed by atoms with Gasteiger partial charge in [-0.2, -0.15) is 5.10 Å². The van der Waals surface area contributed by atoms with Crippen LogP contribution in [0.4, 0.5) is 0 Å². The molecule has 0 spiro atoms. The Morgan fingerprint density at radius 1 is 1.15 bits per heavy atom. The lowest BCUT2D eigenvalue weighted by Gasteiger charge is -2.09. The first-order valence-electron chi connectivity index (χ1n) is 7.80. The molecule has 26 heavy (non-hydrogen) atoms. The highest BCUT2D eigenvalue weighted by atomic mass is 35.5. The monoisotopic (exact) mass is 374 g/mol. The number of ether oxygens (including phenoxy) is 2. The number of amides is 1. The van der Waals surface area contributed by atoms with E-state index in [9.17, 15) is 9.59 Å². The van der Waals surface area contributed by atoms with Gasteiger partial charge in [0.1, 0.15) is 5.75 Å². The second-order valence-electron chi connectivity index (χ2n) is 5.57. The Morgan fingerprint density at radius 3 is 2.35 bits per heavy atom. The summed E-state index contributed by atoms with van der Waals surface area (Å²) in [4.78, 5) is 23.1. The molecule has 1 amide bonds. The van der Waals surface area contributed by atoms with Crippen molar-refractivity contribution in [3.05, 3.63) is 63.7 Å². The number of hydrogen-bond donors (Lipinski definition) is 1. The van der Waals surface area contributed by atoms with E-state index < -0.39 is 11.9 Å². The second-order valence-corrected chi connectivity index (χ2v) is 5.94. The smallest absolute Gasteiger partial charge is 0.337 e. The lowest BCUT2D eigenvalue weighted by molar-refractivity contribution is -0.123. The number of carbonyl (C=O) groups is 2. The van der Waals surface area contributed by atoms with Crippen molar-refractivity contribution >= 4 is 29.7 Å². The van der Waals surface area contributed by atoms with E-state index in [1.807, 2.05) is 13.8 Å². The summed E-state index contributed by atoms with van der Waals surface area (Å²) in [6.07, 6.45) is 1.47. The molecule has 0 aliphatic heterocycles. The molecule has 2 aromatic rings. The standard InChI is InChI=1S/C19H19ClN2O4/c1-12-8-16(9-13(2)18(12)20)26-11-17(23)22-21-10-14-4-6-15(7-5-14)19(24)25-3/h4-10H,11H2,1-3H3,(H,22,23)/b21-10+. The third-order valence-corrected chi connectivity index (χ3v) is 4.11. The highest BCUT2D eigenvalue weighted by Crippen LogP contribution is 2.25. The fourth-order valence-corrected chi connectivity index (χ4v) is 2.28. The van der Waals surface area contributed by atoms with Crippen LogP contribution in [0.15, 0.2) is 41.5 Å². The predicted octanol–water partition coefficient (Wildman–Crippen LogP) is 3.27. The molecule has 2 rings (SSSR count). The Hall–Kier alpha value is -2.86. The summed E-state index contributed by atoms with van der Waals surface area (Å²) in [5, 5.41) is 4.54. The first-order chi connectivity index (χ1) is 12.4. The van der Waals surface area contributed by atoms with Crippen LogP contribution in [0.25, 0.3) is 0 Å². The number of benzene rings is 2. The lowest BCUT2D eigenvalue weighted by atomic mass is 10.1. The molecule has 0 saturated carbocycles. The van der Waals surface area contributed by atoms with Crippen LogP contribution in [0, 0.1) is 13.8 Å². The maximum absolute atomic E-state index is 11.8. The highest BCUT2D eigenvalue weighted by molar-refractivity contribution is 6.32. The van der Waals surface area contributed by atoms with Gasteiger partial charge in [0.2, 0.25) is 0 Å². The van der Waals surface area contributed by atoms with E-state index in [4.69, 9.17) is 16.3 Å². The van der Waals surface area contributed by atoms with Gasteiger partial charge in [-0.25, -0.2) is 10.2 Å². The van der Waals surface area contributed by atoms with Crippen LogP contribution < -0.4 is 10.2 Å². The number of nitrogens with one attached hydrogen (secondary N) is 1. The van der Waals surface area contributed by atoms with E-state index in [0.29, 0.717) is 16.3 Å². The van der Waals surface area contributed by atoms with E-state index >= 15 is 0 Å². The number of esters is 1. The molecule has 0 saturated heterocycles. The van der Waals surface area contributed by atoms with E-state index in [0.717, 1.165) is 16.7 Å². The summed E-state index contributed by atoms with van der Waals surface area (Å²) in [5.41, 5.74) is 5.31. The van der Waals surface area contributed by atoms with Gasteiger partial charge in [-0.15, -0.1) is 0 Å². The number of methoxy groups -OCH3 is 1. The molecule has 7 heteroatoms. The molecule has 0 radical (unpaired) electrons. The molecule has 0 aliphatic rings. The molecule has 0 unspecified atom stereocenters. The molecule has 6 nitrogen and oxygen atoms in total. The van der Waals surface area contributed by atoms with Crippen LogP contribution in [0.5, 0.6) is 5.75 Å². The number of halogens is 1. The average molecular weight is 375 g/mol. The molecule has 0 heterocycles. The van der Waals surface area contributed by atoms with Crippen LogP contribution in [0.3, 0.4) is 0 Å². The minimum absolute atomic E-state index is 0.168. The van der Waals surface area contributed by atoms with Crippen molar-refractivity contribution in [1.29, 1.82) is 0 Å². The molecular weight excluding hydrogens is 356 g/mol. The van der Waals surface area contributed by atoms with Crippen LogP contribution in [-0.4, -0.2) is 31.8 Å². The third kappa shape index (κ3) is 5.32. The van der Waals surface area contributed by atoms with Gasteiger partial charge in [0.05, 0.1) is 18.9 Å². The Kier molecular flexibility index (Phi) is 6.74. The maximum atomic E-state index is 11.8. The first kappa shape index (κ1) is 19.5. The van der Waals surface area contributed by atoms with Crippen LogP contribution >= 0.6 is 11.6 Å². The van der Waals surface area contributed by atoms with Crippen molar-refractivity contribution in [3.63, 3.8) is 0 Å². The van der Waals surface area contributed by atoms with Gasteiger partial charge in [0.15, 0.2) is 6.61 Å². The summed E-state index contributed by atoms with van der Waals surface area (Å²) in [5.74, 6) is -0.230. The lowest BCUT2D eigenvalue weighted by Crippen LogP contribution is -2.24. The highest BCUT2D eigenvalue weighted by Gasteiger charge is 2.06. The molecule has 1 N–H and O–H groups in total. The Labute approximate surface area is 156 Å². The summed E-state index contributed by atoms with van der Waals surface area (Å²) in [7, 11) is 1.32. The van der Waals surface area contributed by atoms with E-state index in [-0.39, 0.29) is 6.61 Å². The van der Waals surface area contributed by atoms with Gasteiger partial charge >= 0.3 is 5.97 Å². The maximum Gasteiger partial charge on any atom is 0.337 e. The first-order valence-corrected chi connectivity index (χ1v) is 8.18. The van der Waals surface area contributed by atoms with Gasteiger partial charge in [-0.05, 0) is 54.8 Å². The number of hydrogen-bond acceptors (Lipinski definition) is 5. The molecular formula is C19H19ClN2O4. The minimum Gasteiger partial charge on any atom is -0.484 e. The summed E-state index contributed by atoms with van der Waals surface area (Å²) < 4.78 is 10.1. The number of aryl methyl sites for hydroxylation is 2. The normalized spacial score (nSPS) is 10.6. The fourth-order valence-electron chi connectivity index (χ4n) is 2.17. The van der Waals surface area contributed by atoms with Crippen LogP contribution in [-0.2, 0) is 9.53 Å². The topological polar surface area (TPSA) is 77.0 Å². The van der Waals surface area contributed by atoms with Crippen molar-refractivity contribution in [1.82, 2.24) is 5.43 Å². The number of rotatable bonds is 6. The zero-order valence-corrected chi connectivity index (χ0v) is 15.5. The second kappa shape index (κ2) is 9.01. The molecule has 0 bridgehead atoms. The van der Waals surface area contributed by atoms with Crippen LogP contribution in [0.1, 0.15) is 27.0 Å². The van der Waals surface area contributed by atoms with Crippen molar-refractivity contribution in [2.75, 3.05) is 13.7 Å². The predicted molar refractivity (Wildman–Crippen MR) is 99.9 cm³/mol. The zero-order chi connectivity index (χ0) is 19.1. The molecule has 136 valence electrons. The van der Waals surface area contributed by atoms with Crippen LogP contribution in [0.2, 0.25) is 5.02 Å². The summed E-state index contributed by atoms with van der Waals surface area (Å²) in [6.45, 7) is 3.58. The Bertz CT molecular complexity index is 809. The van der Waals surface area contributed by atoms with Gasteiger partial charge in [0, 0.05) is 5.02 Å². The number of hydrazone groups is 1. The van der Waals surface area contributed by atoms with E-state index in [1.165, 1.54) is 13.3 Å². The SMILES string of the molecule is COC(=O)c1ccc(/C=N/NC(=O)COc2cc(C)c(Cl)c(C)c2)cc1. The van der Waals surface area contributed by atoms with Crippen molar-refractivity contribution in [2.24, 2.45) is 5.10 Å². The largest absolute Gasteiger partial charge is 0.484 e. The minimum atomic E-state index is -0.411. The van der Waals surface area contributed by atoms with Crippen molar-refractivity contribution in [2.45, 2.75) is 13.8 Å². The molecule has 0 aliphatic carbocycles. The number of carbonyl (C=O) groups excluding carboxylic acids is 2. The Morgan fingerprint density at radius 2 is 1.77 bits per heavy atom. The van der Waals surface area contributed by atoms with Gasteiger partial charge in [-0.1, -0.05) is 23.7 Å². The average Bonchev–Trinajstić information content (AvgIpc) is 2.64. The summed E-state index contributed by atoms with van der Waals surface area (Å²) >= 11 is 6.09. The van der Waals surface area contributed by atoms with Gasteiger partial charge in [0.25, 0.3) is 5.91 Å². The van der Waals surface area contributed by atoms with Crippen molar-refractivity contribution in [3.8, 4) is 5.75 Å². The molecule has 0 atom stereocenters. The molecule has 2 aromatic carbocycles. The Balaban J connectivity index is 1.85. The van der Waals surface area contributed by atoms with E-state index in [2.05, 4.69) is 15.3 Å². The van der Waals surface area contributed by atoms with E-state index in [1.54, 1.807) is 36.4 Å². The molecule has 0 aromatic heterocycles. The summed E-state index contributed by atoms with van der Waals surface area (Å²) in [6, 6.07) is 10.2. The third-order valence-electron chi connectivity index (χ3n) is 3.51. The van der Waals surface area contributed by atoms with Gasteiger partial charge in [-0.3, -0.25) is 4.79 Å².